The van der Waals surface area contributed by atoms with Crippen LogP contribution in [0.25, 0.3) is 11.0 Å². The van der Waals surface area contributed by atoms with Crippen LogP contribution in [0.15, 0.2) is 34.9 Å². The minimum Gasteiger partial charge on any atom is -0.464 e. The lowest BCUT2D eigenvalue weighted by molar-refractivity contribution is 0.195. The first-order valence-electron chi connectivity index (χ1n) is 4.40. The Hall–Kier alpha value is -1.28. The Labute approximate surface area is 76.8 Å². The summed E-state index contributed by atoms with van der Waals surface area (Å²) in [4.78, 5) is 0. The van der Waals surface area contributed by atoms with E-state index in [4.69, 9.17) is 4.42 Å². The third-order valence-corrected chi connectivity index (χ3v) is 2.05. The second-order valence-corrected chi connectivity index (χ2v) is 3.35. The number of aliphatic hydroxyl groups is 1. The molecule has 0 saturated heterocycles. The molecule has 0 aliphatic carbocycles. The van der Waals surface area contributed by atoms with Crippen LogP contribution in [0.3, 0.4) is 0 Å². The van der Waals surface area contributed by atoms with Crippen molar-refractivity contribution in [3.63, 3.8) is 0 Å². The van der Waals surface area contributed by atoms with Gasteiger partial charge in [0.25, 0.3) is 0 Å². The van der Waals surface area contributed by atoms with Gasteiger partial charge in [-0.2, -0.15) is 0 Å². The zero-order valence-electron chi connectivity index (χ0n) is 7.53. The summed E-state index contributed by atoms with van der Waals surface area (Å²) in [6.07, 6.45) is 2.09. The van der Waals surface area contributed by atoms with Crippen molar-refractivity contribution in [3.8, 4) is 0 Å². The molecule has 2 rings (SSSR count). The molecule has 0 spiro atoms. The largest absolute Gasteiger partial charge is 0.464 e. The number of furan rings is 1. The third kappa shape index (κ3) is 1.73. The first kappa shape index (κ1) is 8.32. The number of rotatable bonds is 2. The molecule has 0 saturated carbocycles. The van der Waals surface area contributed by atoms with Crippen LogP contribution in [0.1, 0.15) is 12.5 Å². The molecule has 0 amide bonds. The fourth-order valence-corrected chi connectivity index (χ4v) is 1.48. The Morgan fingerprint density at radius 1 is 1.38 bits per heavy atom. The summed E-state index contributed by atoms with van der Waals surface area (Å²) in [7, 11) is 0. The van der Waals surface area contributed by atoms with E-state index in [2.05, 4.69) is 0 Å². The quantitative estimate of drug-likeness (QED) is 0.762. The van der Waals surface area contributed by atoms with E-state index in [0.717, 1.165) is 16.5 Å². The molecule has 0 bridgehead atoms. The molecule has 0 unspecified atom stereocenters. The Kier molecular flexibility index (Phi) is 2.07. The summed E-state index contributed by atoms with van der Waals surface area (Å²) in [6.45, 7) is 1.79. The topological polar surface area (TPSA) is 33.4 Å². The number of hydrogen-bond acceptors (Lipinski definition) is 2. The van der Waals surface area contributed by atoms with Gasteiger partial charge < -0.3 is 9.52 Å². The van der Waals surface area contributed by atoms with Gasteiger partial charge in [0.2, 0.25) is 0 Å². The van der Waals surface area contributed by atoms with Crippen LogP contribution < -0.4 is 0 Å². The van der Waals surface area contributed by atoms with E-state index in [1.807, 2.05) is 24.3 Å². The van der Waals surface area contributed by atoms with Crippen LogP contribution in [-0.2, 0) is 6.42 Å². The monoisotopic (exact) mass is 176 g/mol. The molecule has 2 aromatic rings. The van der Waals surface area contributed by atoms with Crippen molar-refractivity contribution < 1.29 is 9.52 Å². The van der Waals surface area contributed by atoms with Crippen molar-refractivity contribution in [3.05, 3.63) is 36.1 Å². The average Bonchev–Trinajstić information content (AvgIpc) is 2.49. The summed E-state index contributed by atoms with van der Waals surface area (Å²) in [5.41, 5.74) is 2.04. The minimum absolute atomic E-state index is 0.288. The van der Waals surface area contributed by atoms with Crippen molar-refractivity contribution in [2.75, 3.05) is 0 Å². The van der Waals surface area contributed by atoms with E-state index in [-0.39, 0.29) is 6.10 Å². The highest BCUT2D eigenvalue weighted by molar-refractivity contribution is 5.77. The van der Waals surface area contributed by atoms with Gasteiger partial charge in [-0.05, 0) is 37.1 Å². The second-order valence-electron chi connectivity index (χ2n) is 3.35. The molecule has 2 nitrogen and oxygen atoms in total. The molecule has 68 valence electrons. The van der Waals surface area contributed by atoms with Crippen LogP contribution in [0.4, 0.5) is 0 Å². The first-order valence-corrected chi connectivity index (χ1v) is 4.40. The van der Waals surface area contributed by atoms with Gasteiger partial charge in [-0.15, -0.1) is 0 Å². The molecular weight excluding hydrogens is 164 g/mol. The second kappa shape index (κ2) is 3.23. The fraction of sp³-hybridized carbons (Fsp3) is 0.273. The molecular formula is C11H12O2. The minimum atomic E-state index is -0.288. The van der Waals surface area contributed by atoms with E-state index in [9.17, 15) is 5.11 Å². The van der Waals surface area contributed by atoms with Gasteiger partial charge in [0, 0.05) is 5.39 Å². The lowest BCUT2D eigenvalue weighted by Gasteiger charge is -2.03. The van der Waals surface area contributed by atoms with E-state index in [0.29, 0.717) is 6.42 Å². The molecule has 2 heteroatoms. The van der Waals surface area contributed by atoms with Crippen LogP contribution >= 0.6 is 0 Å². The molecule has 0 aliphatic rings. The van der Waals surface area contributed by atoms with E-state index in [1.54, 1.807) is 13.2 Å². The van der Waals surface area contributed by atoms with Gasteiger partial charge in [-0.25, -0.2) is 0 Å². The highest BCUT2D eigenvalue weighted by Crippen LogP contribution is 2.17. The van der Waals surface area contributed by atoms with Gasteiger partial charge in [0.15, 0.2) is 0 Å². The summed E-state index contributed by atoms with van der Waals surface area (Å²) < 4.78 is 5.22. The van der Waals surface area contributed by atoms with Gasteiger partial charge in [0.1, 0.15) is 5.58 Å². The lowest BCUT2D eigenvalue weighted by Crippen LogP contribution is -2.03. The molecule has 0 aliphatic heterocycles. The van der Waals surface area contributed by atoms with Crippen molar-refractivity contribution in [2.45, 2.75) is 19.4 Å². The standard InChI is InChI=1S/C11H12O2/c1-8(12)6-9-2-3-11-10(7-9)4-5-13-11/h2-5,7-8,12H,6H2,1H3/t8-/m1/s1. The Morgan fingerprint density at radius 2 is 2.23 bits per heavy atom. The smallest absolute Gasteiger partial charge is 0.133 e. The Morgan fingerprint density at radius 3 is 3.00 bits per heavy atom. The molecule has 0 fully saturated rings. The van der Waals surface area contributed by atoms with Gasteiger partial charge in [-0.3, -0.25) is 0 Å². The molecule has 0 radical (unpaired) electrons. The van der Waals surface area contributed by atoms with Crippen molar-refractivity contribution in [1.29, 1.82) is 0 Å². The predicted molar refractivity (Wildman–Crippen MR) is 51.6 cm³/mol. The van der Waals surface area contributed by atoms with Crippen molar-refractivity contribution >= 4 is 11.0 Å². The lowest BCUT2D eigenvalue weighted by atomic mass is 10.1. The maximum absolute atomic E-state index is 9.21. The van der Waals surface area contributed by atoms with E-state index >= 15 is 0 Å². The van der Waals surface area contributed by atoms with E-state index < -0.39 is 0 Å². The van der Waals surface area contributed by atoms with Crippen molar-refractivity contribution in [2.24, 2.45) is 0 Å². The highest BCUT2D eigenvalue weighted by atomic mass is 16.3. The Balaban J connectivity index is 2.37. The van der Waals surface area contributed by atoms with Gasteiger partial charge >= 0.3 is 0 Å². The Bertz CT molecular complexity index is 401. The van der Waals surface area contributed by atoms with Gasteiger partial charge in [-0.1, -0.05) is 6.07 Å². The zero-order valence-corrected chi connectivity index (χ0v) is 7.53. The normalized spacial score (nSPS) is 13.4. The van der Waals surface area contributed by atoms with Crippen LogP contribution in [0.2, 0.25) is 0 Å². The number of aliphatic hydroxyl groups excluding tert-OH is 1. The first-order chi connectivity index (χ1) is 6.25. The maximum Gasteiger partial charge on any atom is 0.133 e. The third-order valence-electron chi connectivity index (χ3n) is 2.05. The fourth-order valence-electron chi connectivity index (χ4n) is 1.48. The molecule has 1 atom stereocenters. The summed E-state index contributed by atoms with van der Waals surface area (Å²) in [6, 6.07) is 7.90. The molecule has 1 aromatic heterocycles. The zero-order chi connectivity index (χ0) is 9.26. The number of hydrogen-bond donors (Lipinski definition) is 1. The highest BCUT2D eigenvalue weighted by Gasteiger charge is 2.01. The van der Waals surface area contributed by atoms with E-state index in [1.165, 1.54) is 0 Å². The van der Waals surface area contributed by atoms with Crippen molar-refractivity contribution in [1.82, 2.24) is 0 Å². The van der Waals surface area contributed by atoms with Crippen LogP contribution in [0, 0.1) is 0 Å². The summed E-state index contributed by atoms with van der Waals surface area (Å²) in [5, 5.41) is 10.3. The number of fused-ring (bicyclic) bond motifs is 1. The van der Waals surface area contributed by atoms with Gasteiger partial charge in [0.05, 0.1) is 12.4 Å². The maximum atomic E-state index is 9.21. The molecule has 1 aromatic carbocycles. The number of benzene rings is 1. The molecule has 13 heavy (non-hydrogen) atoms. The molecule has 1 heterocycles. The summed E-state index contributed by atoms with van der Waals surface area (Å²) >= 11 is 0. The van der Waals surface area contributed by atoms with Crippen LogP contribution in [-0.4, -0.2) is 11.2 Å². The predicted octanol–water partition coefficient (Wildman–Crippen LogP) is 2.36. The van der Waals surface area contributed by atoms with Crippen LogP contribution in [0.5, 0.6) is 0 Å². The molecule has 1 N–H and O–H groups in total. The SMILES string of the molecule is C[C@@H](O)Cc1ccc2occc2c1. The summed E-state index contributed by atoms with van der Waals surface area (Å²) in [5.74, 6) is 0. The average molecular weight is 176 g/mol.